The summed E-state index contributed by atoms with van der Waals surface area (Å²) in [5.74, 6) is 0.695. The Morgan fingerprint density at radius 2 is 1.95 bits per heavy atom. The van der Waals surface area contributed by atoms with Crippen molar-refractivity contribution >= 4 is 18.3 Å². The summed E-state index contributed by atoms with van der Waals surface area (Å²) < 4.78 is 5.44. The number of halogens is 1. The number of aryl methyl sites for hydroxylation is 2. The molecule has 0 aliphatic rings. The number of hydrogen-bond acceptors (Lipinski definition) is 4. The lowest BCUT2D eigenvalue weighted by molar-refractivity contribution is 0.0707. The first-order chi connectivity index (χ1) is 10.1. The van der Waals surface area contributed by atoms with Crippen LogP contribution >= 0.6 is 12.4 Å². The van der Waals surface area contributed by atoms with E-state index in [2.05, 4.69) is 4.98 Å². The second-order valence-corrected chi connectivity index (χ2v) is 5.00. The van der Waals surface area contributed by atoms with Crippen molar-refractivity contribution in [2.75, 3.05) is 13.1 Å². The number of amides is 1. The molecule has 0 fully saturated rings. The standard InChI is InChI=1S/C16H21N3O2.ClH/c1-12-15(21-13(2)18-12)16(20)19(10-6-9-17)11-14-7-4-3-5-8-14;/h3-5,7-8H,6,9-11,17H2,1-2H3;1H. The van der Waals surface area contributed by atoms with Crippen molar-refractivity contribution in [1.82, 2.24) is 9.88 Å². The van der Waals surface area contributed by atoms with Gasteiger partial charge in [-0.25, -0.2) is 4.98 Å². The Hall–Kier alpha value is -1.85. The maximum Gasteiger partial charge on any atom is 0.291 e. The van der Waals surface area contributed by atoms with Crippen LogP contribution in [-0.4, -0.2) is 28.9 Å². The number of aromatic nitrogens is 1. The van der Waals surface area contributed by atoms with Gasteiger partial charge in [0.15, 0.2) is 5.89 Å². The Kier molecular flexibility index (Phi) is 7.08. The molecule has 22 heavy (non-hydrogen) atoms. The Balaban J connectivity index is 0.00000242. The molecule has 0 radical (unpaired) electrons. The fourth-order valence-corrected chi connectivity index (χ4v) is 2.21. The SMILES string of the molecule is Cc1nc(C)c(C(=O)N(CCCN)Cc2ccccc2)o1.Cl. The van der Waals surface area contributed by atoms with Crippen LogP contribution < -0.4 is 5.73 Å². The van der Waals surface area contributed by atoms with E-state index in [9.17, 15) is 4.79 Å². The van der Waals surface area contributed by atoms with E-state index in [0.29, 0.717) is 37.0 Å². The van der Waals surface area contributed by atoms with E-state index in [0.717, 1.165) is 12.0 Å². The van der Waals surface area contributed by atoms with E-state index in [1.807, 2.05) is 30.3 Å². The summed E-state index contributed by atoms with van der Waals surface area (Å²) >= 11 is 0. The van der Waals surface area contributed by atoms with Gasteiger partial charge in [-0.1, -0.05) is 30.3 Å². The molecule has 1 amide bonds. The Morgan fingerprint density at radius 3 is 2.50 bits per heavy atom. The molecule has 5 nitrogen and oxygen atoms in total. The van der Waals surface area contributed by atoms with Gasteiger partial charge in [-0.3, -0.25) is 4.79 Å². The van der Waals surface area contributed by atoms with E-state index in [1.165, 1.54) is 0 Å². The van der Waals surface area contributed by atoms with E-state index in [4.69, 9.17) is 10.2 Å². The Bertz CT molecular complexity index is 599. The quantitative estimate of drug-likeness (QED) is 0.887. The lowest BCUT2D eigenvalue weighted by Crippen LogP contribution is -2.32. The fraction of sp³-hybridized carbons (Fsp3) is 0.375. The molecule has 2 aromatic rings. The summed E-state index contributed by atoms with van der Waals surface area (Å²) in [7, 11) is 0. The van der Waals surface area contributed by atoms with Crippen LogP contribution in [0.25, 0.3) is 0 Å². The van der Waals surface area contributed by atoms with Gasteiger partial charge in [0.25, 0.3) is 5.91 Å². The van der Waals surface area contributed by atoms with Gasteiger partial charge in [0.05, 0.1) is 5.69 Å². The average Bonchev–Trinajstić information content (AvgIpc) is 2.82. The highest BCUT2D eigenvalue weighted by Gasteiger charge is 2.22. The highest BCUT2D eigenvalue weighted by molar-refractivity contribution is 5.92. The van der Waals surface area contributed by atoms with Gasteiger partial charge in [-0.05, 0) is 25.5 Å². The van der Waals surface area contributed by atoms with Gasteiger partial charge in [-0.2, -0.15) is 0 Å². The second kappa shape index (κ2) is 8.56. The zero-order chi connectivity index (χ0) is 15.2. The summed E-state index contributed by atoms with van der Waals surface area (Å²) in [6.07, 6.45) is 0.755. The van der Waals surface area contributed by atoms with Gasteiger partial charge in [0.2, 0.25) is 5.76 Å². The molecule has 2 rings (SSSR count). The van der Waals surface area contributed by atoms with Gasteiger partial charge in [0, 0.05) is 20.0 Å². The number of nitrogens with zero attached hydrogens (tertiary/aromatic N) is 2. The molecule has 0 unspecified atom stereocenters. The van der Waals surface area contributed by atoms with Crippen LogP contribution in [0.2, 0.25) is 0 Å². The topological polar surface area (TPSA) is 72.4 Å². The predicted octanol–water partition coefficient (Wildman–Crippen LogP) is 2.70. The molecule has 1 aromatic carbocycles. The Labute approximate surface area is 136 Å². The smallest absolute Gasteiger partial charge is 0.291 e. The van der Waals surface area contributed by atoms with Crippen LogP contribution in [0.5, 0.6) is 0 Å². The van der Waals surface area contributed by atoms with E-state index >= 15 is 0 Å². The molecule has 0 atom stereocenters. The lowest BCUT2D eigenvalue weighted by Gasteiger charge is -2.21. The predicted molar refractivity (Wildman–Crippen MR) is 88.1 cm³/mol. The molecule has 0 saturated heterocycles. The van der Waals surface area contributed by atoms with Gasteiger partial charge >= 0.3 is 0 Å². The van der Waals surface area contributed by atoms with Crippen molar-refractivity contribution in [1.29, 1.82) is 0 Å². The van der Waals surface area contributed by atoms with Crippen LogP contribution in [-0.2, 0) is 6.54 Å². The number of carbonyl (C=O) groups excluding carboxylic acids is 1. The first kappa shape index (κ1) is 18.2. The molecular formula is C16H22ClN3O2. The minimum absolute atomic E-state index is 0. The van der Waals surface area contributed by atoms with E-state index in [1.54, 1.807) is 18.7 Å². The van der Waals surface area contributed by atoms with Crippen molar-refractivity contribution in [3.05, 3.63) is 53.2 Å². The molecule has 6 heteroatoms. The molecule has 0 saturated carbocycles. The second-order valence-electron chi connectivity index (χ2n) is 5.00. The van der Waals surface area contributed by atoms with Crippen LogP contribution in [0.1, 0.15) is 34.1 Å². The highest BCUT2D eigenvalue weighted by atomic mass is 35.5. The number of nitrogens with two attached hydrogens (primary N) is 1. The minimum atomic E-state index is -0.134. The first-order valence-electron chi connectivity index (χ1n) is 7.09. The molecular weight excluding hydrogens is 302 g/mol. The van der Waals surface area contributed by atoms with Crippen LogP contribution in [0.4, 0.5) is 0 Å². The summed E-state index contributed by atoms with van der Waals surface area (Å²) in [5, 5.41) is 0. The molecule has 1 heterocycles. The normalized spacial score (nSPS) is 10.1. The van der Waals surface area contributed by atoms with Crippen LogP contribution in [0, 0.1) is 13.8 Å². The molecule has 2 N–H and O–H groups in total. The average molecular weight is 324 g/mol. The maximum atomic E-state index is 12.6. The summed E-state index contributed by atoms with van der Waals surface area (Å²) in [4.78, 5) is 18.6. The highest BCUT2D eigenvalue weighted by Crippen LogP contribution is 2.15. The number of hydrogen-bond donors (Lipinski definition) is 1. The first-order valence-corrected chi connectivity index (χ1v) is 7.09. The summed E-state index contributed by atoms with van der Waals surface area (Å²) in [5.41, 5.74) is 7.28. The maximum absolute atomic E-state index is 12.6. The monoisotopic (exact) mass is 323 g/mol. The van der Waals surface area contributed by atoms with Crippen molar-refractivity contribution < 1.29 is 9.21 Å². The Morgan fingerprint density at radius 1 is 1.27 bits per heavy atom. The number of carbonyl (C=O) groups is 1. The van der Waals surface area contributed by atoms with E-state index in [-0.39, 0.29) is 18.3 Å². The summed E-state index contributed by atoms with van der Waals surface area (Å²) in [6.45, 7) is 5.22. The zero-order valence-corrected chi connectivity index (χ0v) is 13.7. The minimum Gasteiger partial charge on any atom is -0.436 e. The third-order valence-electron chi connectivity index (χ3n) is 3.23. The lowest BCUT2D eigenvalue weighted by atomic mass is 10.2. The molecule has 0 spiro atoms. The molecule has 120 valence electrons. The van der Waals surface area contributed by atoms with Gasteiger partial charge < -0.3 is 15.1 Å². The third kappa shape index (κ3) is 4.58. The molecule has 0 aliphatic carbocycles. The van der Waals surface area contributed by atoms with E-state index < -0.39 is 0 Å². The zero-order valence-electron chi connectivity index (χ0n) is 12.9. The fourth-order valence-electron chi connectivity index (χ4n) is 2.21. The van der Waals surface area contributed by atoms with Crippen molar-refractivity contribution in [3.8, 4) is 0 Å². The van der Waals surface area contributed by atoms with Crippen molar-refractivity contribution in [2.24, 2.45) is 5.73 Å². The third-order valence-corrected chi connectivity index (χ3v) is 3.23. The van der Waals surface area contributed by atoms with Crippen molar-refractivity contribution in [3.63, 3.8) is 0 Å². The summed E-state index contributed by atoms with van der Waals surface area (Å²) in [6, 6.07) is 9.89. The van der Waals surface area contributed by atoms with Gasteiger partial charge in [0.1, 0.15) is 0 Å². The van der Waals surface area contributed by atoms with Gasteiger partial charge in [-0.15, -0.1) is 12.4 Å². The van der Waals surface area contributed by atoms with Crippen LogP contribution in [0.3, 0.4) is 0 Å². The van der Waals surface area contributed by atoms with Crippen LogP contribution in [0.15, 0.2) is 34.7 Å². The number of rotatable bonds is 6. The molecule has 0 aliphatic heterocycles. The number of benzene rings is 1. The number of oxazole rings is 1. The molecule has 0 bridgehead atoms. The largest absolute Gasteiger partial charge is 0.436 e. The van der Waals surface area contributed by atoms with Crippen molar-refractivity contribution in [2.45, 2.75) is 26.8 Å². The molecule has 1 aromatic heterocycles.